The molecule has 0 aliphatic rings. The summed E-state index contributed by atoms with van der Waals surface area (Å²) in [6.07, 6.45) is -0.457. The van der Waals surface area contributed by atoms with Crippen LogP contribution < -0.4 is 5.32 Å². The largest absolute Gasteiger partial charge is 0.444 e. The van der Waals surface area contributed by atoms with Gasteiger partial charge in [0.25, 0.3) is 0 Å². The lowest BCUT2D eigenvalue weighted by Crippen LogP contribution is -2.32. The first kappa shape index (κ1) is 15.6. The summed E-state index contributed by atoms with van der Waals surface area (Å²) < 4.78 is 5.97. The van der Waals surface area contributed by atoms with Gasteiger partial charge in [0.05, 0.1) is 5.69 Å². The molecule has 1 amide bonds. The zero-order valence-electron chi connectivity index (χ0n) is 11.0. The van der Waals surface area contributed by atoms with Crippen molar-refractivity contribution in [3.05, 3.63) is 37.8 Å². The van der Waals surface area contributed by atoms with Crippen LogP contribution in [0.25, 0.3) is 10.4 Å². The van der Waals surface area contributed by atoms with Crippen LogP contribution in [0.15, 0.2) is 23.3 Å². The Morgan fingerprint density at radius 1 is 1.53 bits per heavy atom. The molecule has 0 bridgehead atoms. The van der Waals surface area contributed by atoms with Crippen LogP contribution >= 0.6 is 22.6 Å². The van der Waals surface area contributed by atoms with Gasteiger partial charge in [-0.05, 0) is 60.5 Å². The van der Waals surface area contributed by atoms with E-state index in [0.717, 1.165) is 9.13 Å². The number of alkyl carbamates (subject to hydrolysis) is 1. The highest BCUT2D eigenvalue weighted by Crippen LogP contribution is 2.22. The molecule has 1 aromatic rings. The summed E-state index contributed by atoms with van der Waals surface area (Å²) in [5.74, 6) is 0. The highest BCUT2D eigenvalue weighted by Gasteiger charge is 2.15. The maximum Gasteiger partial charge on any atom is 0.407 e. The van der Waals surface area contributed by atoms with Crippen molar-refractivity contribution in [1.82, 2.24) is 5.32 Å². The smallest absolute Gasteiger partial charge is 0.407 e. The molecule has 1 N–H and O–H groups in total. The summed E-state index contributed by atoms with van der Waals surface area (Å²) in [4.78, 5) is 14.2. The summed E-state index contributed by atoms with van der Waals surface area (Å²) >= 11 is 2.08. The van der Waals surface area contributed by atoms with Gasteiger partial charge in [0, 0.05) is 15.0 Å². The average Bonchev–Trinajstić information content (AvgIpc) is 2.27. The molecular formula is C12H15IN4O2. The number of benzene rings is 1. The first-order valence-corrected chi connectivity index (χ1v) is 6.70. The number of hydrogen-bond donors (Lipinski definition) is 1. The lowest BCUT2D eigenvalue weighted by Gasteiger charge is -2.19. The molecule has 1 aromatic carbocycles. The van der Waals surface area contributed by atoms with E-state index in [9.17, 15) is 4.79 Å². The molecule has 19 heavy (non-hydrogen) atoms. The van der Waals surface area contributed by atoms with Gasteiger partial charge in [-0.25, -0.2) is 4.79 Å². The molecule has 0 aliphatic heterocycles. The Morgan fingerprint density at radius 3 is 2.74 bits per heavy atom. The Kier molecular flexibility index (Phi) is 5.44. The van der Waals surface area contributed by atoms with Crippen molar-refractivity contribution in [3.8, 4) is 0 Å². The summed E-state index contributed by atoms with van der Waals surface area (Å²) in [6.45, 7) is 5.79. The normalized spacial score (nSPS) is 10.5. The Labute approximate surface area is 125 Å². The van der Waals surface area contributed by atoms with E-state index in [4.69, 9.17) is 10.3 Å². The van der Waals surface area contributed by atoms with E-state index in [1.807, 2.05) is 26.8 Å². The van der Waals surface area contributed by atoms with Crippen LogP contribution in [0.3, 0.4) is 0 Å². The van der Waals surface area contributed by atoms with Crippen LogP contribution in [0, 0.1) is 3.57 Å². The van der Waals surface area contributed by atoms with Crippen LogP contribution in [-0.2, 0) is 11.3 Å². The van der Waals surface area contributed by atoms with E-state index < -0.39 is 11.7 Å². The Hall–Kier alpha value is -1.47. The molecule has 0 atom stereocenters. The van der Waals surface area contributed by atoms with Crippen molar-refractivity contribution in [3.63, 3.8) is 0 Å². The fraction of sp³-hybridized carbons (Fsp3) is 0.417. The highest BCUT2D eigenvalue weighted by atomic mass is 127. The number of halogens is 1. The van der Waals surface area contributed by atoms with Crippen molar-refractivity contribution in [2.24, 2.45) is 5.11 Å². The van der Waals surface area contributed by atoms with Crippen molar-refractivity contribution in [1.29, 1.82) is 0 Å². The summed E-state index contributed by atoms with van der Waals surface area (Å²) in [6, 6.07) is 5.36. The zero-order chi connectivity index (χ0) is 14.5. The second kappa shape index (κ2) is 6.63. The third-order valence-corrected chi connectivity index (χ3v) is 2.86. The molecule has 0 saturated heterocycles. The van der Waals surface area contributed by atoms with Gasteiger partial charge in [0.15, 0.2) is 0 Å². The third-order valence-electron chi connectivity index (χ3n) is 2.00. The molecule has 0 aliphatic carbocycles. The summed E-state index contributed by atoms with van der Waals surface area (Å²) in [5, 5.41) is 6.22. The van der Waals surface area contributed by atoms with Crippen LogP contribution in [0.5, 0.6) is 0 Å². The van der Waals surface area contributed by atoms with Gasteiger partial charge in [-0.3, -0.25) is 0 Å². The van der Waals surface area contributed by atoms with Crippen molar-refractivity contribution < 1.29 is 9.53 Å². The van der Waals surface area contributed by atoms with Crippen molar-refractivity contribution in [2.45, 2.75) is 32.9 Å². The molecule has 7 heteroatoms. The average molecular weight is 374 g/mol. The fourth-order valence-electron chi connectivity index (χ4n) is 1.28. The molecule has 6 nitrogen and oxygen atoms in total. The van der Waals surface area contributed by atoms with Gasteiger partial charge in [-0.15, -0.1) is 0 Å². The number of hydrogen-bond acceptors (Lipinski definition) is 3. The second-order valence-electron chi connectivity index (χ2n) is 4.83. The van der Waals surface area contributed by atoms with Gasteiger partial charge in [-0.1, -0.05) is 17.2 Å². The van der Waals surface area contributed by atoms with Gasteiger partial charge in [0.2, 0.25) is 0 Å². The number of amides is 1. The Bertz CT molecular complexity index is 519. The van der Waals surface area contributed by atoms with Gasteiger partial charge < -0.3 is 10.1 Å². The lowest BCUT2D eigenvalue weighted by molar-refractivity contribution is 0.0523. The predicted octanol–water partition coefficient (Wildman–Crippen LogP) is 4.26. The number of azide groups is 1. The van der Waals surface area contributed by atoms with E-state index in [-0.39, 0.29) is 0 Å². The topological polar surface area (TPSA) is 87.1 Å². The second-order valence-corrected chi connectivity index (χ2v) is 5.99. The Balaban J connectivity index is 2.62. The summed E-state index contributed by atoms with van der Waals surface area (Å²) in [7, 11) is 0. The molecule has 0 unspecified atom stereocenters. The summed E-state index contributed by atoms with van der Waals surface area (Å²) in [5.41, 5.74) is 9.35. The minimum Gasteiger partial charge on any atom is -0.444 e. The zero-order valence-corrected chi connectivity index (χ0v) is 13.1. The van der Waals surface area contributed by atoms with E-state index in [1.165, 1.54) is 0 Å². The molecule has 0 aromatic heterocycles. The Morgan fingerprint density at radius 2 is 2.21 bits per heavy atom. The van der Waals surface area contributed by atoms with Crippen molar-refractivity contribution in [2.75, 3.05) is 0 Å². The first-order chi connectivity index (χ1) is 8.81. The van der Waals surface area contributed by atoms with Gasteiger partial charge >= 0.3 is 6.09 Å². The minimum absolute atomic E-state index is 0.363. The van der Waals surface area contributed by atoms with Crippen LogP contribution in [0.4, 0.5) is 10.5 Å². The maximum atomic E-state index is 11.5. The monoisotopic (exact) mass is 374 g/mol. The number of nitrogens with zero attached hydrogens (tertiary/aromatic N) is 3. The highest BCUT2D eigenvalue weighted by molar-refractivity contribution is 14.1. The van der Waals surface area contributed by atoms with Crippen molar-refractivity contribution >= 4 is 34.4 Å². The molecule has 0 spiro atoms. The molecule has 0 radical (unpaired) electrons. The minimum atomic E-state index is -0.510. The van der Waals surface area contributed by atoms with Gasteiger partial charge in [-0.2, -0.15) is 0 Å². The third kappa shape index (κ3) is 5.80. The molecule has 1 rings (SSSR count). The number of carbonyl (C=O) groups excluding carboxylic acids is 1. The van der Waals surface area contributed by atoms with E-state index in [0.29, 0.717) is 12.2 Å². The molecule has 102 valence electrons. The fourth-order valence-corrected chi connectivity index (χ4v) is 1.97. The van der Waals surface area contributed by atoms with E-state index in [2.05, 4.69) is 37.9 Å². The van der Waals surface area contributed by atoms with E-state index in [1.54, 1.807) is 12.1 Å². The van der Waals surface area contributed by atoms with Crippen LogP contribution in [0.2, 0.25) is 0 Å². The van der Waals surface area contributed by atoms with Crippen LogP contribution in [-0.4, -0.2) is 11.7 Å². The molecule has 0 fully saturated rings. The van der Waals surface area contributed by atoms with Gasteiger partial charge in [0.1, 0.15) is 5.60 Å². The molecule has 0 saturated carbocycles. The maximum absolute atomic E-state index is 11.5. The number of carbonyl (C=O) groups is 1. The van der Waals surface area contributed by atoms with E-state index >= 15 is 0 Å². The quantitative estimate of drug-likeness (QED) is 0.371. The lowest BCUT2D eigenvalue weighted by atomic mass is 10.2. The predicted molar refractivity (Wildman–Crippen MR) is 81.0 cm³/mol. The molecular weight excluding hydrogens is 359 g/mol. The molecule has 0 heterocycles. The number of ether oxygens (including phenoxy) is 1. The standard InChI is InChI=1S/C12H15IN4O2/c1-12(2,3)19-11(18)15-7-8-4-5-10(16-17-14)9(13)6-8/h4-6H,7H2,1-3H3,(H,15,18). The van der Waals surface area contributed by atoms with Crippen LogP contribution in [0.1, 0.15) is 26.3 Å². The number of rotatable bonds is 3. The SMILES string of the molecule is CC(C)(C)OC(=O)NCc1ccc(N=[N+]=[N-])c(I)c1. The number of nitrogens with one attached hydrogen (secondary N) is 1. The first-order valence-electron chi connectivity index (χ1n) is 5.62.